The van der Waals surface area contributed by atoms with Crippen LogP contribution in [0, 0.1) is 6.92 Å². The molecule has 0 atom stereocenters. The van der Waals surface area contributed by atoms with Gasteiger partial charge in [0, 0.05) is 17.8 Å². The van der Waals surface area contributed by atoms with Crippen molar-refractivity contribution in [3.05, 3.63) is 64.3 Å². The SMILES string of the molecule is Cc1ncsc1-c1ccc(CNC=O)c(OCC(=O)CNc2ccc3c(c2)CCC3)c1. The molecule has 1 amide bonds. The van der Waals surface area contributed by atoms with Crippen molar-refractivity contribution in [1.82, 2.24) is 10.3 Å². The molecule has 2 N–H and O–H groups in total. The van der Waals surface area contributed by atoms with E-state index in [0.29, 0.717) is 18.7 Å². The van der Waals surface area contributed by atoms with Crippen LogP contribution in [0.15, 0.2) is 41.9 Å². The molecule has 31 heavy (non-hydrogen) atoms. The molecule has 3 aromatic rings. The Morgan fingerprint density at radius 1 is 1.19 bits per heavy atom. The van der Waals surface area contributed by atoms with Crippen LogP contribution in [0.2, 0.25) is 0 Å². The predicted molar refractivity (Wildman–Crippen MR) is 123 cm³/mol. The Bertz CT molecular complexity index is 1090. The number of aromatic nitrogens is 1. The van der Waals surface area contributed by atoms with E-state index in [2.05, 4.69) is 27.8 Å². The van der Waals surface area contributed by atoms with E-state index in [1.807, 2.05) is 31.2 Å². The number of hydrogen-bond donors (Lipinski definition) is 2. The lowest BCUT2D eigenvalue weighted by Gasteiger charge is -2.13. The van der Waals surface area contributed by atoms with Gasteiger partial charge < -0.3 is 15.4 Å². The monoisotopic (exact) mass is 435 g/mol. The molecular weight excluding hydrogens is 410 g/mol. The number of nitrogens with zero attached hydrogens (tertiary/aromatic N) is 1. The molecule has 7 heteroatoms. The number of rotatable bonds is 10. The maximum atomic E-state index is 12.4. The summed E-state index contributed by atoms with van der Waals surface area (Å²) in [6.45, 7) is 2.45. The van der Waals surface area contributed by atoms with Crippen LogP contribution in [0.25, 0.3) is 10.4 Å². The number of amides is 1. The maximum Gasteiger partial charge on any atom is 0.207 e. The molecule has 0 spiro atoms. The highest BCUT2D eigenvalue weighted by atomic mass is 32.1. The minimum absolute atomic E-state index is 0.0445. The molecule has 1 aliphatic carbocycles. The summed E-state index contributed by atoms with van der Waals surface area (Å²) in [4.78, 5) is 28.5. The fourth-order valence-electron chi connectivity index (χ4n) is 3.80. The summed E-state index contributed by atoms with van der Waals surface area (Å²) in [5, 5.41) is 5.86. The molecule has 0 saturated carbocycles. The molecule has 0 fully saturated rings. The van der Waals surface area contributed by atoms with Crippen molar-refractivity contribution in [3.63, 3.8) is 0 Å². The predicted octanol–water partition coefficient (Wildman–Crippen LogP) is 3.91. The van der Waals surface area contributed by atoms with Crippen molar-refractivity contribution in [2.75, 3.05) is 18.5 Å². The Kier molecular flexibility index (Phi) is 6.62. The first kappa shape index (κ1) is 21.1. The summed E-state index contributed by atoms with van der Waals surface area (Å²) >= 11 is 1.56. The topological polar surface area (TPSA) is 80.3 Å². The van der Waals surface area contributed by atoms with Gasteiger partial charge in [0.2, 0.25) is 6.41 Å². The van der Waals surface area contributed by atoms with Gasteiger partial charge in [0.1, 0.15) is 12.4 Å². The van der Waals surface area contributed by atoms with E-state index in [9.17, 15) is 9.59 Å². The number of Topliss-reactive ketones (excluding diaryl/α,β-unsaturated/α-hetero) is 1. The van der Waals surface area contributed by atoms with Gasteiger partial charge in [0.05, 0.1) is 22.6 Å². The number of fused-ring (bicyclic) bond motifs is 1. The van der Waals surface area contributed by atoms with Gasteiger partial charge in [-0.1, -0.05) is 18.2 Å². The molecular formula is C24H25N3O3S. The fraction of sp³-hybridized carbons (Fsp3) is 0.292. The standard InChI is InChI=1S/C24H25N3O3S/c1-16-24(31-15-27-16)19-5-6-20(11-25-14-28)23(10-19)30-13-22(29)12-26-21-8-7-17-3-2-4-18(17)9-21/h5-10,14-15,26H,2-4,11-13H2,1H3,(H,25,28). The molecule has 0 bridgehead atoms. The van der Waals surface area contributed by atoms with Gasteiger partial charge in [-0.05, 0) is 61.1 Å². The number of aryl methyl sites for hydroxylation is 3. The number of anilines is 1. The van der Waals surface area contributed by atoms with E-state index in [1.54, 1.807) is 16.8 Å². The molecule has 0 radical (unpaired) electrons. The van der Waals surface area contributed by atoms with E-state index >= 15 is 0 Å². The Morgan fingerprint density at radius 2 is 2.06 bits per heavy atom. The lowest BCUT2D eigenvalue weighted by Crippen LogP contribution is -2.21. The summed E-state index contributed by atoms with van der Waals surface area (Å²) in [6.07, 6.45) is 4.10. The molecule has 0 aliphatic heterocycles. The molecule has 1 aromatic heterocycles. The summed E-state index contributed by atoms with van der Waals surface area (Å²) in [5.74, 6) is 0.541. The minimum atomic E-state index is -0.0471. The van der Waals surface area contributed by atoms with Crippen LogP contribution >= 0.6 is 11.3 Å². The zero-order valence-electron chi connectivity index (χ0n) is 17.4. The van der Waals surface area contributed by atoms with E-state index in [0.717, 1.165) is 40.2 Å². The lowest BCUT2D eigenvalue weighted by atomic mass is 10.1. The third-order valence-corrected chi connectivity index (χ3v) is 6.41. The second kappa shape index (κ2) is 9.75. The first-order valence-electron chi connectivity index (χ1n) is 10.3. The number of carbonyl (C=O) groups excluding carboxylic acids is 2. The third kappa shape index (κ3) is 5.11. The molecule has 1 heterocycles. The third-order valence-electron chi connectivity index (χ3n) is 5.43. The van der Waals surface area contributed by atoms with Crippen LogP contribution in [0.4, 0.5) is 5.69 Å². The lowest BCUT2D eigenvalue weighted by molar-refractivity contribution is -0.119. The Labute approximate surface area is 185 Å². The first-order valence-corrected chi connectivity index (χ1v) is 11.2. The van der Waals surface area contributed by atoms with E-state index in [4.69, 9.17) is 4.74 Å². The van der Waals surface area contributed by atoms with E-state index in [1.165, 1.54) is 17.5 Å². The van der Waals surface area contributed by atoms with Crippen LogP contribution in [0.1, 0.15) is 28.8 Å². The van der Waals surface area contributed by atoms with Gasteiger partial charge in [-0.25, -0.2) is 4.98 Å². The number of thiazole rings is 1. The summed E-state index contributed by atoms with van der Waals surface area (Å²) in [7, 11) is 0. The quantitative estimate of drug-likeness (QED) is 0.472. The Morgan fingerprint density at radius 3 is 2.87 bits per heavy atom. The molecule has 0 unspecified atom stereocenters. The second-order valence-electron chi connectivity index (χ2n) is 7.61. The van der Waals surface area contributed by atoms with Gasteiger partial charge in [-0.2, -0.15) is 0 Å². The van der Waals surface area contributed by atoms with Crippen LogP contribution in [0.3, 0.4) is 0 Å². The molecule has 6 nitrogen and oxygen atoms in total. The summed E-state index contributed by atoms with van der Waals surface area (Å²) in [6, 6.07) is 12.1. The average molecular weight is 436 g/mol. The number of ketones is 1. The zero-order valence-corrected chi connectivity index (χ0v) is 18.3. The van der Waals surface area contributed by atoms with E-state index < -0.39 is 0 Å². The highest BCUT2D eigenvalue weighted by molar-refractivity contribution is 7.13. The molecule has 4 rings (SSSR count). The first-order chi connectivity index (χ1) is 15.1. The molecule has 1 aliphatic rings. The van der Waals surface area contributed by atoms with Gasteiger partial charge in [-0.3, -0.25) is 9.59 Å². The number of nitrogens with one attached hydrogen (secondary N) is 2. The molecule has 160 valence electrons. The summed E-state index contributed by atoms with van der Waals surface area (Å²) in [5.41, 5.74) is 8.30. The second-order valence-corrected chi connectivity index (χ2v) is 8.46. The van der Waals surface area contributed by atoms with Gasteiger partial charge >= 0.3 is 0 Å². The fourth-order valence-corrected chi connectivity index (χ4v) is 4.60. The number of carbonyl (C=O) groups is 2. The van der Waals surface area contributed by atoms with Crippen LogP contribution in [-0.4, -0.2) is 30.3 Å². The maximum absolute atomic E-state index is 12.4. The Hall–Kier alpha value is -3.19. The van der Waals surface area contributed by atoms with Crippen molar-refractivity contribution < 1.29 is 14.3 Å². The highest BCUT2D eigenvalue weighted by Crippen LogP contribution is 2.32. The normalized spacial score (nSPS) is 12.3. The van der Waals surface area contributed by atoms with E-state index in [-0.39, 0.29) is 18.9 Å². The van der Waals surface area contributed by atoms with Crippen LogP contribution in [-0.2, 0) is 29.0 Å². The van der Waals surface area contributed by atoms with Gasteiger partial charge in [0.25, 0.3) is 0 Å². The van der Waals surface area contributed by atoms with Crippen molar-refractivity contribution in [2.45, 2.75) is 32.7 Å². The number of benzene rings is 2. The Balaban J connectivity index is 1.40. The van der Waals surface area contributed by atoms with Crippen molar-refractivity contribution in [1.29, 1.82) is 0 Å². The summed E-state index contributed by atoms with van der Waals surface area (Å²) < 4.78 is 5.88. The largest absolute Gasteiger partial charge is 0.485 e. The van der Waals surface area contributed by atoms with Crippen molar-refractivity contribution >= 4 is 29.2 Å². The zero-order chi connectivity index (χ0) is 21.6. The van der Waals surface area contributed by atoms with Crippen molar-refractivity contribution in [3.8, 4) is 16.2 Å². The smallest absolute Gasteiger partial charge is 0.207 e. The molecule has 0 saturated heterocycles. The molecule has 2 aromatic carbocycles. The van der Waals surface area contributed by atoms with Crippen LogP contribution in [0.5, 0.6) is 5.75 Å². The average Bonchev–Trinajstić information content (AvgIpc) is 3.43. The minimum Gasteiger partial charge on any atom is -0.485 e. The highest BCUT2D eigenvalue weighted by Gasteiger charge is 2.13. The van der Waals surface area contributed by atoms with Crippen molar-refractivity contribution in [2.24, 2.45) is 0 Å². The van der Waals surface area contributed by atoms with Gasteiger partial charge in [0.15, 0.2) is 5.78 Å². The van der Waals surface area contributed by atoms with Crippen LogP contribution < -0.4 is 15.4 Å². The van der Waals surface area contributed by atoms with Gasteiger partial charge in [-0.15, -0.1) is 11.3 Å². The number of ether oxygens (including phenoxy) is 1. The number of hydrogen-bond acceptors (Lipinski definition) is 6.